The first kappa shape index (κ1) is 22.5. The zero-order valence-corrected chi connectivity index (χ0v) is 20.9. The molecular weight excluding hydrogens is 455 g/mol. The number of hydrogen-bond acceptors (Lipinski definition) is 5. The van der Waals surface area contributed by atoms with Crippen molar-refractivity contribution in [2.75, 3.05) is 36.0 Å². The van der Waals surface area contributed by atoms with E-state index in [2.05, 4.69) is 40.1 Å². The Balaban J connectivity index is 1.31. The van der Waals surface area contributed by atoms with E-state index in [9.17, 15) is 4.39 Å². The zero-order chi connectivity index (χ0) is 23.6. The van der Waals surface area contributed by atoms with Crippen LogP contribution in [0.3, 0.4) is 0 Å². The molecule has 6 rings (SSSR count). The Morgan fingerprint density at radius 2 is 1.51 bits per heavy atom. The third-order valence-electron chi connectivity index (χ3n) is 7.34. The normalized spacial score (nSPS) is 16.4. The number of fused-ring (bicyclic) bond motifs is 3. The second-order valence-corrected chi connectivity index (χ2v) is 10.7. The standard InChI is InChI=1S/C29H31FN4S/c30-22-12-14-23(15-13-22)33-17-19-34(20-18-33)28-27-24-9-5-2-6-10-25(24)35-29(27)32-26(31-28)16-11-21-7-3-1-4-8-21/h1,3-4,7-8,12-15H,2,5-6,9-11,16-20H2. The largest absolute Gasteiger partial charge is 0.368 e. The molecule has 0 N–H and O–H groups in total. The molecule has 0 spiro atoms. The van der Waals surface area contributed by atoms with Crippen molar-refractivity contribution in [3.63, 3.8) is 0 Å². The van der Waals surface area contributed by atoms with Gasteiger partial charge in [-0.15, -0.1) is 11.3 Å². The summed E-state index contributed by atoms with van der Waals surface area (Å²) in [5, 5.41) is 1.31. The van der Waals surface area contributed by atoms with Gasteiger partial charge >= 0.3 is 0 Å². The smallest absolute Gasteiger partial charge is 0.141 e. The highest BCUT2D eigenvalue weighted by atomic mass is 32.1. The molecule has 0 saturated carbocycles. The molecule has 6 heteroatoms. The first-order chi connectivity index (χ1) is 17.2. The maximum absolute atomic E-state index is 13.4. The summed E-state index contributed by atoms with van der Waals surface area (Å²) >= 11 is 1.90. The molecule has 2 aromatic heterocycles. The van der Waals surface area contributed by atoms with Gasteiger partial charge in [-0.25, -0.2) is 14.4 Å². The summed E-state index contributed by atoms with van der Waals surface area (Å²) in [6, 6.07) is 17.5. The second kappa shape index (κ2) is 9.94. The summed E-state index contributed by atoms with van der Waals surface area (Å²) < 4.78 is 13.4. The van der Waals surface area contributed by atoms with Gasteiger partial charge in [0, 0.05) is 43.2 Å². The van der Waals surface area contributed by atoms with E-state index in [0.717, 1.165) is 62.8 Å². The maximum Gasteiger partial charge on any atom is 0.141 e. The summed E-state index contributed by atoms with van der Waals surface area (Å²) in [6.45, 7) is 3.63. The third kappa shape index (κ3) is 4.76. The van der Waals surface area contributed by atoms with Crippen molar-refractivity contribution >= 4 is 33.1 Å². The minimum absolute atomic E-state index is 0.183. The van der Waals surface area contributed by atoms with Gasteiger partial charge in [-0.3, -0.25) is 0 Å². The second-order valence-electron chi connectivity index (χ2n) is 9.64. The van der Waals surface area contributed by atoms with Gasteiger partial charge in [-0.2, -0.15) is 0 Å². The summed E-state index contributed by atoms with van der Waals surface area (Å²) in [5.74, 6) is 1.90. The topological polar surface area (TPSA) is 32.3 Å². The van der Waals surface area contributed by atoms with Crippen LogP contribution in [0.2, 0.25) is 0 Å². The molecule has 0 atom stereocenters. The molecule has 3 heterocycles. The molecule has 1 fully saturated rings. The summed E-state index contributed by atoms with van der Waals surface area (Å²) in [5.41, 5.74) is 3.92. The Bertz CT molecular complexity index is 1290. The van der Waals surface area contributed by atoms with Crippen molar-refractivity contribution in [2.24, 2.45) is 0 Å². The molecule has 1 saturated heterocycles. The number of thiophene rings is 1. The van der Waals surface area contributed by atoms with E-state index < -0.39 is 0 Å². The number of nitrogens with zero attached hydrogens (tertiary/aromatic N) is 4. The Morgan fingerprint density at radius 1 is 0.771 bits per heavy atom. The Morgan fingerprint density at radius 3 is 2.31 bits per heavy atom. The Labute approximate surface area is 210 Å². The van der Waals surface area contributed by atoms with Crippen LogP contribution in [0, 0.1) is 5.82 Å². The van der Waals surface area contributed by atoms with Gasteiger partial charge in [-0.1, -0.05) is 36.8 Å². The predicted octanol–water partition coefficient (Wildman–Crippen LogP) is 6.21. The molecule has 0 radical (unpaired) electrons. The van der Waals surface area contributed by atoms with Crippen LogP contribution in [-0.4, -0.2) is 36.1 Å². The van der Waals surface area contributed by atoms with Crippen molar-refractivity contribution < 1.29 is 4.39 Å². The first-order valence-corrected chi connectivity index (χ1v) is 13.7. The maximum atomic E-state index is 13.4. The number of halogens is 1. The molecule has 35 heavy (non-hydrogen) atoms. The SMILES string of the molecule is Fc1ccc(N2CCN(c3nc(CCc4ccccc4)nc4sc5c(c34)CCCCC5)CC2)cc1. The Hall–Kier alpha value is -2.99. The van der Waals surface area contributed by atoms with Gasteiger partial charge in [0.25, 0.3) is 0 Å². The zero-order valence-electron chi connectivity index (χ0n) is 20.0. The fourth-order valence-electron chi connectivity index (χ4n) is 5.43. The lowest BCUT2D eigenvalue weighted by Gasteiger charge is -2.37. The molecular formula is C29H31FN4S. The van der Waals surface area contributed by atoms with Crippen LogP contribution in [0.1, 0.15) is 41.1 Å². The van der Waals surface area contributed by atoms with E-state index >= 15 is 0 Å². The molecule has 180 valence electrons. The lowest BCUT2D eigenvalue weighted by molar-refractivity contribution is 0.624. The van der Waals surface area contributed by atoms with Crippen LogP contribution in [0.4, 0.5) is 15.9 Å². The lowest BCUT2D eigenvalue weighted by atomic mass is 10.1. The molecule has 4 aromatic rings. The number of piperazine rings is 1. The minimum atomic E-state index is -0.183. The van der Waals surface area contributed by atoms with Crippen molar-refractivity contribution in [3.8, 4) is 0 Å². The van der Waals surface area contributed by atoms with Gasteiger partial charge in [0.2, 0.25) is 0 Å². The number of benzene rings is 2. The van der Waals surface area contributed by atoms with E-state index in [1.807, 2.05) is 23.5 Å². The van der Waals surface area contributed by atoms with Gasteiger partial charge < -0.3 is 9.80 Å². The molecule has 0 unspecified atom stereocenters. The number of rotatable bonds is 5. The highest BCUT2D eigenvalue weighted by Crippen LogP contribution is 2.39. The average Bonchev–Trinajstić information content (AvgIpc) is 3.09. The quantitative estimate of drug-likeness (QED) is 0.314. The highest BCUT2D eigenvalue weighted by molar-refractivity contribution is 7.19. The van der Waals surface area contributed by atoms with Gasteiger partial charge in [-0.05, 0) is 67.5 Å². The summed E-state index contributed by atoms with van der Waals surface area (Å²) in [4.78, 5) is 17.8. The predicted molar refractivity (Wildman–Crippen MR) is 143 cm³/mol. The van der Waals surface area contributed by atoms with Gasteiger partial charge in [0.1, 0.15) is 22.3 Å². The van der Waals surface area contributed by atoms with Crippen LogP contribution in [0.25, 0.3) is 10.2 Å². The molecule has 1 aliphatic heterocycles. The molecule has 2 aromatic carbocycles. The van der Waals surface area contributed by atoms with Crippen LogP contribution in [-0.2, 0) is 25.7 Å². The highest BCUT2D eigenvalue weighted by Gasteiger charge is 2.26. The number of anilines is 2. The van der Waals surface area contributed by atoms with Gasteiger partial charge in [0.05, 0.1) is 5.39 Å². The van der Waals surface area contributed by atoms with Crippen molar-refractivity contribution in [1.29, 1.82) is 0 Å². The van der Waals surface area contributed by atoms with E-state index in [4.69, 9.17) is 9.97 Å². The van der Waals surface area contributed by atoms with Crippen LogP contribution >= 0.6 is 11.3 Å². The summed E-state index contributed by atoms with van der Waals surface area (Å²) in [7, 11) is 0. The number of aromatic nitrogens is 2. The van der Waals surface area contributed by atoms with Crippen molar-refractivity contribution in [1.82, 2.24) is 9.97 Å². The molecule has 2 aliphatic rings. The van der Waals surface area contributed by atoms with Gasteiger partial charge in [0.15, 0.2) is 0 Å². The minimum Gasteiger partial charge on any atom is -0.368 e. The monoisotopic (exact) mass is 486 g/mol. The first-order valence-electron chi connectivity index (χ1n) is 12.9. The fraction of sp³-hybridized carbons (Fsp3) is 0.379. The lowest BCUT2D eigenvalue weighted by Crippen LogP contribution is -2.47. The molecule has 0 bridgehead atoms. The van der Waals surface area contributed by atoms with E-state index in [1.54, 1.807) is 12.1 Å². The molecule has 1 aliphatic carbocycles. The van der Waals surface area contributed by atoms with E-state index in [0.29, 0.717) is 0 Å². The molecule has 4 nitrogen and oxygen atoms in total. The van der Waals surface area contributed by atoms with Crippen molar-refractivity contribution in [2.45, 2.75) is 44.9 Å². The van der Waals surface area contributed by atoms with E-state index in [-0.39, 0.29) is 5.82 Å². The van der Waals surface area contributed by atoms with E-state index in [1.165, 1.54) is 51.9 Å². The molecule has 0 amide bonds. The van der Waals surface area contributed by atoms with Crippen LogP contribution in [0.5, 0.6) is 0 Å². The van der Waals surface area contributed by atoms with Crippen LogP contribution < -0.4 is 9.80 Å². The average molecular weight is 487 g/mol. The number of hydrogen-bond donors (Lipinski definition) is 0. The van der Waals surface area contributed by atoms with Crippen LogP contribution in [0.15, 0.2) is 54.6 Å². The summed E-state index contributed by atoms with van der Waals surface area (Å²) in [6.07, 6.45) is 7.97. The fourth-order valence-corrected chi connectivity index (χ4v) is 6.70. The van der Waals surface area contributed by atoms with Crippen molar-refractivity contribution in [3.05, 3.63) is 82.2 Å². The Kier molecular flexibility index (Phi) is 6.38. The third-order valence-corrected chi connectivity index (χ3v) is 8.53. The number of aryl methyl sites for hydroxylation is 4.